The first kappa shape index (κ1) is 26.4. The number of hydrogen-bond donors (Lipinski definition) is 2. The van der Waals surface area contributed by atoms with Crippen LogP contribution in [0.4, 0.5) is 0 Å². The van der Waals surface area contributed by atoms with Gasteiger partial charge >= 0.3 is 0 Å². The second-order valence-corrected chi connectivity index (χ2v) is 7.57. The van der Waals surface area contributed by atoms with Crippen LogP contribution in [0.25, 0.3) is 0 Å². The molecule has 6 heteroatoms. The zero-order chi connectivity index (χ0) is 23.1. The van der Waals surface area contributed by atoms with E-state index >= 15 is 0 Å². The molecule has 1 aromatic carbocycles. The number of allylic oxidation sites excluding steroid dienone is 2. The minimum Gasteiger partial charge on any atom is -0.460 e. The van der Waals surface area contributed by atoms with Gasteiger partial charge in [0, 0.05) is 18.7 Å². The summed E-state index contributed by atoms with van der Waals surface area (Å²) in [6.07, 6.45) is 7.34. The van der Waals surface area contributed by atoms with Gasteiger partial charge in [-0.2, -0.15) is 0 Å². The van der Waals surface area contributed by atoms with E-state index in [9.17, 15) is 9.59 Å². The minimum atomic E-state index is -0.103. The highest BCUT2D eigenvalue weighted by atomic mass is 16.5. The zero-order valence-corrected chi connectivity index (χ0v) is 19.8. The van der Waals surface area contributed by atoms with Crippen LogP contribution in [0.2, 0.25) is 0 Å². The standard InChI is InChI=1S/C25H39N3O3/c1-6-9-15-28(8-3)16-14-27-25(30)21(5)11-13-24(18-26-19-29)31-23-12-10-20(4)22(7-2)17-23/h10-13,17,19H,6-9,14-16,18H2,1-5H3,(H,26,29)(H,27,30)/b21-11+,24-13+. The molecule has 2 N–H and O–H groups in total. The van der Waals surface area contributed by atoms with Gasteiger partial charge in [0.25, 0.3) is 0 Å². The lowest BCUT2D eigenvalue weighted by Crippen LogP contribution is -2.35. The molecule has 172 valence electrons. The molecule has 0 aliphatic heterocycles. The van der Waals surface area contributed by atoms with Crippen LogP contribution in [-0.2, 0) is 16.0 Å². The van der Waals surface area contributed by atoms with E-state index in [1.165, 1.54) is 24.0 Å². The smallest absolute Gasteiger partial charge is 0.246 e. The number of nitrogens with one attached hydrogen (secondary N) is 2. The molecule has 0 heterocycles. The van der Waals surface area contributed by atoms with Gasteiger partial charge in [-0.3, -0.25) is 9.59 Å². The van der Waals surface area contributed by atoms with Crippen LogP contribution >= 0.6 is 0 Å². The molecular formula is C25H39N3O3. The molecule has 0 fully saturated rings. The summed E-state index contributed by atoms with van der Waals surface area (Å²) in [6.45, 7) is 14.0. The Balaban J connectivity index is 2.74. The minimum absolute atomic E-state index is 0.103. The molecule has 0 aliphatic carbocycles. The molecule has 0 atom stereocenters. The predicted octanol–water partition coefficient (Wildman–Crippen LogP) is 3.75. The SMILES string of the molecule is CCCCN(CC)CCNC(=O)/C(C)=C/C=C(\CNC=O)Oc1ccc(C)c(CC)c1. The van der Waals surface area contributed by atoms with Gasteiger partial charge < -0.3 is 20.3 Å². The Morgan fingerprint density at radius 2 is 1.94 bits per heavy atom. The lowest BCUT2D eigenvalue weighted by atomic mass is 10.1. The Kier molecular flexibility index (Phi) is 13.0. The number of hydrogen-bond acceptors (Lipinski definition) is 4. The van der Waals surface area contributed by atoms with Crippen LogP contribution < -0.4 is 15.4 Å². The highest BCUT2D eigenvalue weighted by Crippen LogP contribution is 2.20. The fraction of sp³-hybridized carbons (Fsp3) is 0.520. The van der Waals surface area contributed by atoms with Crippen molar-refractivity contribution in [2.24, 2.45) is 0 Å². The fourth-order valence-corrected chi connectivity index (χ4v) is 3.09. The Morgan fingerprint density at radius 1 is 1.16 bits per heavy atom. The topological polar surface area (TPSA) is 70.7 Å². The van der Waals surface area contributed by atoms with E-state index in [0.29, 0.717) is 30.0 Å². The van der Waals surface area contributed by atoms with E-state index in [0.717, 1.165) is 26.1 Å². The normalized spacial score (nSPS) is 12.1. The number of amides is 2. The Hall–Kier alpha value is -2.60. The first-order valence-electron chi connectivity index (χ1n) is 11.3. The summed E-state index contributed by atoms with van der Waals surface area (Å²) in [4.78, 5) is 25.5. The van der Waals surface area contributed by atoms with Gasteiger partial charge in [0.05, 0.1) is 6.54 Å². The average Bonchev–Trinajstić information content (AvgIpc) is 2.78. The zero-order valence-electron chi connectivity index (χ0n) is 19.8. The summed E-state index contributed by atoms with van der Waals surface area (Å²) in [7, 11) is 0. The summed E-state index contributed by atoms with van der Waals surface area (Å²) in [5, 5.41) is 5.59. The van der Waals surface area contributed by atoms with E-state index in [4.69, 9.17) is 4.74 Å². The van der Waals surface area contributed by atoms with Gasteiger partial charge in [-0.25, -0.2) is 0 Å². The Bertz CT molecular complexity index is 756. The van der Waals surface area contributed by atoms with Crippen LogP contribution in [0.15, 0.2) is 41.7 Å². The maximum Gasteiger partial charge on any atom is 0.246 e. The van der Waals surface area contributed by atoms with Crippen LogP contribution in [0.3, 0.4) is 0 Å². The van der Waals surface area contributed by atoms with Gasteiger partial charge in [-0.05, 0) is 69.1 Å². The summed E-state index contributed by atoms with van der Waals surface area (Å²) in [5.41, 5.74) is 3.02. The summed E-state index contributed by atoms with van der Waals surface area (Å²) >= 11 is 0. The summed E-state index contributed by atoms with van der Waals surface area (Å²) in [6, 6.07) is 5.93. The van der Waals surface area contributed by atoms with E-state index < -0.39 is 0 Å². The monoisotopic (exact) mass is 429 g/mol. The van der Waals surface area contributed by atoms with Crippen molar-refractivity contribution < 1.29 is 14.3 Å². The summed E-state index contributed by atoms with van der Waals surface area (Å²) in [5.74, 6) is 1.17. The van der Waals surface area contributed by atoms with Crippen molar-refractivity contribution in [3.8, 4) is 5.75 Å². The maximum atomic E-state index is 12.4. The molecule has 0 bridgehead atoms. The van der Waals surface area contributed by atoms with E-state index in [1.807, 2.05) is 18.2 Å². The molecule has 0 saturated carbocycles. The van der Waals surface area contributed by atoms with Crippen molar-refractivity contribution >= 4 is 12.3 Å². The van der Waals surface area contributed by atoms with Crippen LogP contribution in [0, 0.1) is 6.92 Å². The van der Waals surface area contributed by atoms with Crippen LogP contribution in [0.1, 0.15) is 51.7 Å². The Morgan fingerprint density at radius 3 is 2.58 bits per heavy atom. The molecule has 1 aromatic rings. The van der Waals surface area contributed by atoms with Gasteiger partial charge in [0.2, 0.25) is 12.3 Å². The molecule has 2 amide bonds. The first-order valence-corrected chi connectivity index (χ1v) is 11.3. The molecule has 0 spiro atoms. The number of carbonyl (C=O) groups excluding carboxylic acids is 2. The number of rotatable bonds is 15. The second-order valence-electron chi connectivity index (χ2n) is 7.57. The summed E-state index contributed by atoms with van der Waals surface area (Å²) < 4.78 is 5.97. The Labute approximate surface area is 187 Å². The molecule has 0 aliphatic rings. The van der Waals surface area contributed by atoms with Crippen LogP contribution in [0.5, 0.6) is 5.75 Å². The van der Waals surface area contributed by atoms with E-state index in [1.54, 1.807) is 19.1 Å². The van der Waals surface area contributed by atoms with Gasteiger partial charge in [-0.15, -0.1) is 0 Å². The number of unbranched alkanes of at least 4 members (excludes halogenated alkanes) is 1. The number of ether oxygens (including phenoxy) is 1. The third-order valence-corrected chi connectivity index (χ3v) is 5.18. The number of likely N-dealkylation sites (N-methyl/N-ethyl adjacent to an activating group) is 1. The fourth-order valence-electron chi connectivity index (χ4n) is 3.09. The first-order chi connectivity index (χ1) is 14.9. The molecule has 1 rings (SSSR count). The highest BCUT2D eigenvalue weighted by Gasteiger charge is 2.07. The van der Waals surface area contributed by atoms with Gasteiger partial charge in [-0.1, -0.05) is 39.3 Å². The molecule has 6 nitrogen and oxygen atoms in total. The lowest BCUT2D eigenvalue weighted by Gasteiger charge is -2.20. The molecular weight excluding hydrogens is 390 g/mol. The van der Waals surface area contributed by atoms with Crippen molar-refractivity contribution in [2.45, 2.75) is 53.9 Å². The second kappa shape index (κ2) is 15.2. The van der Waals surface area contributed by atoms with Crippen molar-refractivity contribution in [2.75, 3.05) is 32.7 Å². The highest BCUT2D eigenvalue weighted by molar-refractivity contribution is 5.93. The van der Waals surface area contributed by atoms with E-state index in [2.05, 4.69) is 43.2 Å². The van der Waals surface area contributed by atoms with Crippen molar-refractivity contribution in [3.63, 3.8) is 0 Å². The quantitative estimate of drug-likeness (QED) is 0.193. The maximum absolute atomic E-state index is 12.4. The van der Waals surface area contributed by atoms with Gasteiger partial charge in [0.1, 0.15) is 11.5 Å². The van der Waals surface area contributed by atoms with Crippen molar-refractivity contribution in [3.05, 3.63) is 52.8 Å². The third-order valence-electron chi connectivity index (χ3n) is 5.18. The number of benzene rings is 1. The molecule has 0 aromatic heterocycles. The molecule has 0 radical (unpaired) electrons. The van der Waals surface area contributed by atoms with Crippen molar-refractivity contribution in [1.82, 2.24) is 15.5 Å². The number of carbonyl (C=O) groups is 2. The predicted molar refractivity (Wildman–Crippen MR) is 127 cm³/mol. The molecule has 0 unspecified atom stereocenters. The van der Waals surface area contributed by atoms with E-state index in [-0.39, 0.29) is 12.5 Å². The largest absolute Gasteiger partial charge is 0.460 e. The average molecular weight is 430 g/mol. The lowest BCUT2D eigenvalue weighted by molar-refractivity contribution is -0.117. The third kappa shape index (κ3) is 10.3. The molecule has 0 saturated heterocycles. The molecule has 31 heavy (non-hydrogen) atoms. The number of nitrogens with zero attached hydrogens (tertiary/aromatic N) is 1. The van der Waals surface area contributed by atoms with Gasteiger partial charge in [0.15, 0.2) is 0 Å². The van der Waals surface area contributed by atoms with Crippen LogP contribution in [-0.4, -0.2) is 49.9 Å². The number of aryl methyl sites for hydroxylation is 2. The van der Waals surface area contributed by atoms with Crippen molar-refractivity contribution in [1.29, 1.82) is 0 Å².